The number of hydrogen-bond acceptors (Lipinski definition) is 4. The van der Waals surface area contributed by atoms with Crippen molar-refractivity contribution in [3.63, 3.8) is 0 Å². The second kappa shape index (κ2) is 6.67. The van der Waals surface area contributed by atoms with Gasteiger partial charge in [0.15, 0.2) is 0 Å². The maximum Gasteiger partial charge on any atom is 0.441 e. The summed E-state index contributed by atoms with van der Waals surface area (Å²) in [6.45, 7) is 1.38. The lowest BCUT2D eigenvalue weighted by molar-refractivity contribution is -0.0327. The fourth-order valence-corrected chi connectivity index (χ4v) is 2.42. The molecule has 0 spiro atoms. The first kappa shape index (κ1) is 17.8. The highest BCUT2D eigenvalue weighted by atomic mass is 32.2. The Hall–Kier alpha value is -1.26. The molecule has 5 nitrogen and oxygen atoms in total. The van der Waals surface area contributed by atoms with E-state index in [9.17, 15) is 26.4 Å². The van der Waals surface area contributed by atoms with Crippen molar-refractivity contribution >= 4 is 27.7 Å². The summed E-state index contributed by atoms with van der Waals surface area (Å²) >= 11 is -0.248. The van der Waals surface area contributed by atoms with Gasteiger partial charge in [0.1, 0.15) is 0 Å². The molecule has 0 unspecified atom stereocenters. The first-order chi connectivity index (χ1) is 9.50. The predicted octanol–water partition coefficient (Wildman–Crippen LogP) is 1.63. The number of amides is 1. The molecule has 0 aliphatic carbocycles. The Balaban J connectivity index is 2.74. The van der Waals surface area contributed by atoms with Gasteiger partial charge in [-0.05, 0) is 36.4 Å². The number of aryl methyl sites for hydroxylation is 1. The lowest BCUT2D eigenvalue weighted by Gasteiger charge is -2.10. The van der Waals surface area contributed by atoms with Crippen molar-refractivity contribution in [3.05, 3.63) is 29.3 Å². The minimum atomic E-state index is -4.35. The highest BCUT2D eigenvalue weighted by Crippen LogP contribution is 2.29. The van der Waals surface area contributed by atoms with Crippen LogP contribution in [0.4, 0.5) is 13.2 Å². The molecule has 3 N–H and O–H groups in total. The van der Waals surface area contributed by atoms with Gasteiger partial charge in [0, 0.05) is 17.9 Å². The lowest BCUT2D eigenvalue weighted by Crippen LogP contribution is -2.27. The van der Waals surface area contributed by atoms with Gasteiger partial charge in [0.05, 0.1) is 4.90 Å². The number of thioether (sulfide) groups is 1. The van der Waals surface area contributed by atoms with Gasteiger partial charge in [-0.3, -0.25) is 4.79 Å². The van der Waals surface area contributed by atoms with E-state index in [1.807, 2.05) is 0 Å². The number of sulfonamides is 1. The molecule has 1 rings (SSSR count). The third-order valence-corrected chi connectivity index (χ3v) is 4.08. The Morgan fingerprint density at radius 2 is 2.00 bits per heavy atom. The molecule has 0 aliphatic rings. The summed E-state index contributed by atoms with van der Waals surface area (Å²) in [5, 5.41) is 7.25. The fourth-order valence-electron chi connectivity index (χ4n) is 1.45. The maximum atomic E-state index is 11.9. The molecule has 0 aromatic heterocycles. The van der Waals surface area contributed by atoms with Crippen LogP contribution >= 0.6 is 11.8 Å². The van der Waals surface area contributed by atoms with Crippen LogP contribution in [-0.4, -0.2) is 32.1 Å². The minimum Gasteiger partial charge on any atom is -0.351 e. The second-order valence-electron chi connectivity index (χ2n) is 4.07. The molecule has 1 amide bonds. The first-order valence-corrected chi connectivity index (χ1v) is 8.16. The lowest BCUT2D eigenvalue weighted by atomic mass is 10.1. The van der Waals surface area contributed by atoms with E-state index >= 15 is 0 Å². The van der Waals surface area contributed by atoms with Gasteiger partial charge >= 0.3 is 5.51 Å². The van der Waals surface area contributed by atoms with Crippen molar-refractivity contribution in [1.29, 1.82) is 0 Å². The first-order valence-electron chi connectivity index (χ1n) is 5.63. The Labute approximate surface area is 124 Å². The molecule has 0 aliphatic heterocycles. The summed E-state index contributed by atoms with van der Waals surface area (Å²) < 4.78 is 58.2. The molecule has 0 saturated heterocycles. The van der Waals surface area contributed by atoms with E-state index in [2.05, 4.69) is 5.32 Å². The zero-order chi connectivity index (χ0) is 16.3. The molecular weight excluding hydrogens is 329 g/mol. The number of nitrogens with one attached hydrogen (secondary N) is 1. The van der Waals surface area contributed by atoms with E-state index in [1.165, 1.54) is 12.1 Å². The molecule has 21 heavy (non-hydrogen) atoms. The van der Waals surface area contributed by atoms with E-state index in [0.717, 1.165) is 6.07 Å². The average Bonchev–Trinajstić information content (AvgIpc) is 2.32. The van der Waals surface area contributed by atoms with Gasteiger partial charge in [-0.1, -0.05) is 6.07 Å². The topological polar surface area (TPSA) is 89.3 Å². The number of nitrogens with two attached hydrogens (primary N) is 1. The van der Waals surface area contributed by atoms with Crippen LogP contribution in [0, 0.1) is 6.92 Å². The van der Waals surface area contributed by atoms with Crippen LogP contribution in [0.5, 0.6) is 0 Å². The summed E-state index contributed by atoms with van der Waals surface area (Å²) in [6.07, 6.45) is 0. The molecule has 1 aromatic rings. The van der Waals surface area contributed by atoms with Crippen LogP contribution in [0.25, 0.3) is 0 Å². The number of carbonyl (C=O) groups excluding carboxylic acids is 1. The van der Waals surface area contributed by atoms with E-state index in [4.69, 9.17) is 5.14 Å². The molecule has 1 aromatic carbocycles. The summed E-state index contributed by atoms with van der Waals surface area (Å²) in [4.78, 5) is 11.6. The third kappa shape index (κ3) is 5.94. The van der Waals surface area contributed by atoms with Gasteiger partial charge < -0.3 is 5.32 Å². The molecular formula is C11H13F3N2O3S2. The number of primary sulfonamides is 1. The molecule has 118 valence electrons. The molecule has 0 bridgehead atoms. The van der Waals surface area contributed by atoms with E-state index < -0.39 is 21.4 Å². The number of benzene rings is 1. The SMILES string of the molecule is Cc1ccc(S(N)(=O)=O)cc1C(=O)NCCSC(F)(F)F. The Morgan fingerprint density at radius 3 is 2.52 bits per heavy atom. The van der Waals surface area contributed by atoms with Gasteiger partial charge in [-0.25, -0.2) is 13.6 Å². The van der Waals surface area contributed by atoms with E-state index in [0.29, 0.717) is 5.56 Å². The van der Waals surface area contributed by atoms with Gasteiger partial charge in [0.25, 0.3) is 5.91 Å². The van der Waals surface area contributed by atoms with Crippen LogP contribution in [0.2, 0.25) is 0 Å². The summed E-state index contributed by atoms with van der Waals surface area (Å²) in [5.74, 6) is -0.982. The highest BCUT2D eigenvalue weighted by molar-refractivity contribution is 8.00. The van der Waals surface area contributed by atoms with Crippen LogP contribution in [0.3, 0.4) is 0 Å². The van der Waals surface area contributed by atoms with E-state index in [-0.39, 0.29) is 34.5 Å². The number of alkyl halides is 3. The van der Waals surface area contributed by atoms with Crippen molar-refractivity contribution in [1.82, 2.24) is 5.32 Å². The van der Waals surface area contributed by atoms with E-state index in [1.54, 1.807) is 6.92 Å². The van der Waals surface area contributed by atoms with Crippen molar-refractivity contribution in [2.24, 2.45) is 5.14 Å². The fraction of sp³-hybridized carbons (Fsp3) is 0.364. The largest absolute Gasteiger partial charge is 0.441 e. The average molecular weight is 342 g/mol. The molecule has 0 radical (unpaired) electrons. The summed E-state index contributed by atoms with van der Waals surface area (Å²) in [5.41, 5.74) is -3.81. The van der Waals surface area contributed by atoms with Crippen molar-refractivity contribution in [2.45, 2.75) is 17.3 Å². The number of carbonyl (C=O) groups is 1. The second-order valence-corrected chi connectivity index (χ2v) is 6.79. The molecule has 0 fully saturated rings. The minimum absolute atomic E-state index is 0.0542. The van der Waals surface area contributed by atoms with Crippen LogP contribution in [0.15, 0.2) is 23.1 Å². The molecule has 0 saturated carbocycles. The Morgan fingerprint density at radius 1 is 1.38 bits per heavy atom. The monoisotopic (exact) mass is 342 g/mol. The van der Waals surface area contributed by atoms with Gasteiger partial charge in [0.2, 0.25) is 10.0 Å². The van der Waals surface area contributed by atoms with Crippen LogP contribution in [-0.2, 0) is 10.0 Å². The van der Waals surface area contributed by atoms with Gasteiger partial charge in [-0.15, -0.1) is 0 Å². The summed E-state index contributed by atoms with van der Waals surface area (Å²) in [6, 6.07) is 3.75. The normalized spacial score (nSPS) is 12.2. The van der Waals surface area contributed by atoms with Crippen molar-refractivity contribution in [2.75, 3.05) is 12.3 Å². The van der Waals surface area contributed by atoms with Gasteiger partial charge in [-0.2, -0.15) is 13.2 Å². The number of halogens is 3. The highest BCUT2D eigenvalue weighted by Gasteiger charge is 2.27. The standard InChI is InChI=1S/C11H13F3N2O3S2/c1-7-2-3-8(21(15,18)19)6-9(7)10(17)16-4-5-20-11(12,13)14/h2-3,6H,4-5H2,1H3,(H,16,17)(H2,15,18,19). The third-order valence-electron chi connectivity index (χ3n) is 2.44. The van der Waals surface area contributed by atoms with Crippen LogP contribution < -0.4 is 10.5 Å². The quantitative estimate of drug-likeness (QED) is 0.796. The zero-order valence-corrected chi connectivity index (χ0v) is 12.5. The Kier molecular flexibility index (Phi) is 5.65. The molecule has 0 heterocycles. The zero-order valence-electron chi connectivity index (χ0n) is 10.9. The predicted molar refractivity (Wildman–Crippen MR) is 73.4 cm³/mol. The maximum absolute atomic E-state index is 11.9. The van der Waals surface area contributed by atoms with Crippen molar-refractivity contribution in [3.8, 4) is 0 Å². The van der Waals surface area contributed by atoms with Crippen LogP contribution in [0.1, 0.15) is 15.9 Å². The molecule has 10 heteroatoms. The van der Waals surface area contributed by atoms with Crippen molar-refractivity contribution < 1.29 is 26.4 Å². The Bertz CT molecular complexity index is 630. The number of rotatable bonds is 5. The smallest absolute Gasteiger partial charge is 0.351 e. The summed E-state index contributed by atoms with van der Waals surface area (Å²) in [7, 11) is -3.95. The number of hydrogen-bond donors (Lipinski definition) is 2. The molecule has 0 atom stereocenters.